The highest BCUT2D eigenvalue weighted by Gasteiger charge is 2.35. The van der Waals surface area contributed by atoms with Crippen LogP contribution in [0.25, 0.3) is 0 Å². The monoisotopic (exact) mass is 378 g/mol. The van der Waals surface area contributed by atoms with E-state index >= 15 is 0 Å². The first-order valence-electron chi connectivity index (χ1n) is 9.51. The van der Waals surface area contributed by atoms with Gasteiger partial charge in [0.1, 0.15) is 0 Å². The molecule has 0 unspecified atom stereocenters. The molecule has 1 N–H and O–H groups in total. The third kappa shape index (κ3) is 3.31. The Balaban J connectivity index is 1.51. The molecule has 4 rings (SSSR count). The highest BCUT2D eigenvalue weighted by Crippen LogP contribution is 2.27. The normalized spacial score (nSPS) is 15.0. The summed E-state index contributed by atoms with van der Waals surface area (Å²) in [5.41, 5.74) is 4.35. The lowest BCUT2D eigenvalue weighted by Crippen LogP contribution is -2.31. The number of nitrogens with one attached hydrogen (secondary N) is 1. The number of fused-ring (bicyclic) bond motifs is 2. The number of hydrogen-bond acceptors (Lipinski definition) is 4. The molecule has 144 valence electrons. The standard InChI is InChI=1S/C22H22N2O4/c1-28-11-3-10-24-21(26)18-9-7-16(13-19(18)22(24)27)20(25)23-17-8-6-14-4-2-5-15(14)12-17/h6-9,12-13H,2-5,10-11H2,1H3,(H,23,25). The van der Waals surface area contributed by atoms with Crippen molar-refractivity contribution in [3.8, 4) is 0 Å². The van der Waals surface area contributed by atoms with Crippen LogP contribution in [0.3, 0.4) is 0 Å². The van der Waals surface area contributed by atoms with Gasteiger partial charge < -0.3 is 10.1 Å². The van der Waals surface area contributed by atoms with Crippen molar-refractivity contribution in [1.29, 1.82) is 0 Å². The van der Waals surface area contributed by atoms with Gasteiger partial charge in [-0.2, -0.15) is 0 Å². The van der Waals surface area contributed by atoms with Crippen molar-refractivity contribution >= 4 is 23.4 Å². The molecule has 0 atom stereocenters. The predicted octanol–water partition coefficient (Wildman–Crippen LogP) is 3.06. The molecule has 2 aromatic rings. The van der Waals surface area contributed by atoms with Crippen molar-refractivity contribution < 1.29 is 19.1 Å². The van der Waals surface area contributed by atoms with Gasteiger partial charge in [0, 0.05) is 31.5 Å². The van der Waals surface area contributed by atoms with Gasteiger partial charge >= 0.3 is 0 Å². The molecule has 2 aromatic carbocycles. The van der Waals surface area contributed by atoms with E-state index < -0.39 is 0 Å². The highest BCUT2D eigenvalue weighted by atomic mass is 16.5. The van der Waals surface area contributed by atoms with Crippen molar-refractivity contribution in [3.63, 3.8) is 0 Å². The van der Waals surface area contributed by atoms with Gasteiger partial charge in [-0.05, 0) is 67.1 Å². The number of methoxy groups -OCH3 is 1. The number of nitrogens with zero attached hydrogens (tertiary/aromatic N) is 1. The van der Waals surface area contributed by atoms with E-state index in [0.29, 0.717) is 30.7 Å². The third-order valence-corrected chi connectivity index (χ3v) is 5.32. The molecule has 6 nitrogen and oxygen atoms in total. The smallest absolute Gasteiger partial charge is 0.261 e. The maximum atomic E-state index is 12.7. The quantitative estimate of drug-likeness (QED) is 0.619. The highest BCUT2D eigenvalue weighted by molar-refractivity contribution is 6.22. The molecule has 0 radical (unpaired) electrons. The minimum Gasteiger partial charge on any atom is -0.385 e. The van der Waals surface area contributed by atoms with Gasteiger partial charge in [0.25, 0.3) is 17.7 Å². The molecule has 1 aliphatic carbocycles. The number of aryl methyl sites for hydroxylation is 2. The van der Waals surface area contributed by atoms with Crippen LogP contribution in [0.2, 0.25) is 0 Å². The first-order chi connectivity index (χ1) is 13.6. The van der Waals surface area contributed by atoms with Gasteiger partial charge in [0.05, 0.1) is 11.1 Å². The van der Waals surface area contributed by atoms with Crippen LogP contribution in [-0.4, -0.2) is 42.9 Å². The Morgan fingerprint density at radius 2 is 1.82 bits per heavy atom. The van der Waals surface area contributed by atoms with Crippen molar-refractivity contribution in [2.45, 2.75) is 25.7 Å². The van der Waals surface area contributed by atoms with Crippen LogP contribution in [0, 0.1) is 0 Å². The Labute approximate surface area is 163 Å². The molecule has 28 heavy (non-hydrogen) atoms. The molecule has 0 fully saturated rings. The summed E-state index contributed by atoms with van der Waals surface area (Å²) in [6, 6.07) is 10.6. The Kier molecular flexibility index (Phi) is 4.96. The predicted molar refractivity (Wildman–Crippen MR) is 105 cm³/mol. The second-order valence-corrected chi connectivity index (χ2v) is 7.16. The fourth-order valence-corrected chi connectivity index (χ4v) is 3.85. The number of hydrogen-bond donors (Lipinski definition) is 1. The average Bonchev–Trinajstić information content (AvgIpc) is 3.26. The molecule has 0 bridgehead atoms. The zero-order valence-electron chi connectivity index (χ0n) is 15.8. The van der Waals surface area contributed by atoms with E-state index in [2.05, 4.69) is 11.4 Å². The summed E-state index contributed by atoms with van der Waals surface area (Å²) in [7, 11) is 1.58. The zero-order chi connectivity index (χ0) is 19.7. The Morgan fingerprint density at radius 1 is 1.04 bits per heavy atom. The summed E-state index contributed by atoms with van der Waals surface area (Å²) in [6.45, 7) is 0.776. The fraction of sp³-hybridized carbons (Fsp3) is 0.318. The van der Waals surface area contributed by atoms with Crippen LogP contribution in [0.15, 0.2) is 36.4 Å². The van der Waals surface area contributed by atoms with E-state index in [-0.39, 0.29) is 23.3 Å². The number of benzene rings is 2. The fourth-order valence-electron chi connectivity index (χ4n) is 3.85. The molecular weight excluding hydrogens is 356 g/mol. The number of rotatable bonds is 6. The third-order valence-electron chi connectivity index (χ3n) is 5.32. The topological polar surface area (TPSA) is 75.7 Å². The van der Waals surface area contributed by atoms with Gasteiger partial charge in [0.15, 0.2) is 0 Å². The molecule has 3 amide bonds. The first-order valence-corrected chi connectivity index (χ1v) is 9.51. The molecular formula is C22H22N2O4. The van der Waals surface area contributed by atoms with E-state index in [1.54, 1.807) is 19.2 Å². The number of ether oxygens (including phenoxy) is 1. The van der Waals surface area contributed by atoms with Crippen LogP contribution in [0.4, 0.5) is 5.69 Å². The summed E-state index contributed by atoms with van der Waals surface area (Å²) < 4.78 is 4.98. The molecule has 2 aliphatic rings. The van der Waals surface area contributed by atoms with Crippen LogP contribution in [-0.2, 0) is 17.6 Å². The van der Waals surface area contributed by atoms with E-state index in [1.807, 2.05) is 12.1 Å². The lowest BCUT2D eigenvalue weighted by molar-refractivity contribution is 0.0638. The molecule has 0 aromatic heterocycles. The van der Waals surface area contributed by atoms with Gasteiger partial charge in [-0.1, -0.05) is 6.07 Å². The number of imide groups is 1. The zero-order valence-corrected chi connectivity index (χ0v) is 15.8. The average molecular weight is 378 g/mol. The number of anilines is 1. The summed E-state index contributed by atoms with van der Waals surface area (Å²) in [6.07, 6.45) is 3.85. The minimum atomic E-state index is -0.358. The SMILES string of the molecule is COCCCN1C(=O)c2ccc(C(=O)Nc3ccc4c(c3)CCC4)cc2C1=O. The molecule has 1 aliphatic heterocycles. The van der Waals surface area contributed by atoms with E-state index in [1.165, 1.54) is 22.1 Å². The van der Waals surface area contributed by atoms with E-state index in [0.717, 1.165) is 24.9 Å². The van der Waals surface area contributed by atoms with Gasteiger partial charge in [0.2, 0.25) is 0 Å². The molecule has 0 saturated carbocycles. The first kappa shape index (κ1) is 18.4. The van der Waals surface area contributed by atoms with Gasteiger partial charge in [-0.15, -0.1) is 0 Å². The molecule has 6 heteroatoms. The van der Waals surface area contributed by atoms with Crippen molar-refractivity contribution in [1.82, 2.24) is 4.90 Å². The molecule has 1 heterocycles. The second-order valence-electron chi connectivity index (χ2n) is 7.16. The number of carbonyl (C=O) groups excluding carboxylic acids is 3. The molecule has 0 spiro atoms. The number of amides is 3. The van der Waals surface area contributed by atoms with Crippen LogP contribution < -0.4 is 5.32 Å². The summed E-state index contributed by atoms with van der Waals surface area (Å²) in [5, 5.41) is 2.89. The Hall–Kier alpha value is -2.99. The van der Waals surface area contributed by atoms with Crippen molar-refractivity contribution in [3.05, 3.63) is 64.2 Å². The van der Waals surface area contributed by atoms with E-state index in [4.69, 9.17) is 4.74 Å². The Bertz CT molecular complexity index is 967. The largest absolute Gasteiger partial charge is 0.385 e. The van der Waals surface area contributed by atoms with Gasteiger partial charge in [-0.3, -0.25) is 19.3 Å². The lowest BCUT2D eigenvalue weighted by atomic mass is 10.0. The molecule has 0 saturated heterocycles. The summed E-state index contributed by atoms with van der Waals surface area (Å²) >= 11 is 0. The summed E-state index contributed by atoms with van der Waals surface area (Å²) in [4.78, 5) is 38.9. The summed E-state index contributed by atoms with van der Waals surface area (Å²) in [5.74, 6) is -0.969. The lowest BCUT2D eigenvalue weighted by Gasteiger charge is -2.12. The maximum absolute atomic E-state index is 12.7. The van der Waals surface area contributed by atoms with Crippen molar-refractivity contribution in [2.24, 2.45) is 0 Å². The van der Waals surface area contributed by atoms with E-state index in [9.17, 15) is 14.4 Å². The Morgan fingerprint density at radius 3 is 2.64 bits per heavy atom. The minimum absolute atomic E-state index is 0.282. The van der Waals surface area contributed by atoms with Crippen LogP contribution in [0.5, 0.6) is 0 Å². The number of carbonyl (C=O) groups is 3. The van der Waals surface area contributed by atoms with Gasteiger partial charge in [-0.25, -0.2) is 0 Å². The van der Waals surface area contributed by atoms with Crippen LogP contribution in [0.1, 0.15) is 55.0 Å². The van der Waals surface area contributed by atoms with Crippen LogP contribution >= 0.6 is 0 Å². The second kappa shape index (κ2) is 7.56. The van der Waals surface area contributed by atoms with Crippen molar-refractivity contribution in [2.75, 3.05) is 25.6 Å². The maximum Gasteiger partial charge on any atom is 0.261 e.